The Balaban J connectivity index is 2.02. The molecular weight excluding hydrogens is 311 g/mol. The molecule has 0 saturated carbocycles. The maximum absolute atomic E-state index is 13.1. The number of hydrogen-bond donors (Lipinski definition) is 0. The summed E-state index contributed by atoms with van der Waals surface area (Å²) in [6.07, 6.45) is 4.15. The molecule has 1 aromatic rings. The molecule has 0 atom stereocenters. The molecule has 1 aliphatic rings. The number of piperidine rings is 1. The zero-order valence-corrected chi connectivity index (χ0v) is 14.7. The highest BCUT2D eigenvalue weighted by atomic mass is 19.1. The lowest BCUT2D eigenvalue weighted by Crippen LogP contribution is -2.41. The molecule has 1 aliphatic heterocycles. The van der Waals surface area contributed by atoms with Crippen molar-refractivity contribution in [3.8, 4) is 0 Å². The molecule has 2 rings (SSSR count). The van der Waals surface area contributed by atoms with E-state index in [9.17, 15) is 9.18 Å². The van der Waals surface area contributed by atoms with Gasteiger partial charge in [0.25, 0.3) is 0 Å². The molecule has 5 nitrogen and oxygen atoms in total. The number of likely N-dealkylation sites (tertiary alicyclic amines) is 1. The summed E-state index contributed by atoms with van der Waals surface area (Å²) in [6.45, 7) is 6.80. The SMILES string of the molecule is COC=C(c1ccc(F)cn1)C1CCN(C(=O)OC(C)(C)C)CC1. The van der Waals surface area contributed by atoms with E-state index in [-0.39, 0.29) is 17.8 Å². The Labute approximate surface area is 142 Å². The number of amides is 1. The average Bonchev–Trinajstić information content (AvgIpc) is 2.52. The predicted octanol–water partition coefficient (Wildman–Crippen LogP) is 3.86. The number of carbonyl (C=O) groups excluding carboxylic acids is 1. The molecule has 1 saturated heterocycles. The van der Waals surface area contributed by atoms with Gasteiger partial charge in [-0.25, -0.2) is 9.18 Å². The maximum Gasteiger partial charge on any atom is 0.410 e. The number of ether oxygens (including phenoxy) is 2. The smallest absolute Gasteiger partial charge is 0.410 e. The van der Waals surface area contributed by atoms with E-state index in [4.69, 9.17) is 9.47 Å². The zero-order valence-electron chi connectivity index (χ0n) is 14.7. The van der Waals surface area contributed by atoms with Crippen LogP contribution in [0.5, 0.6) is 0 Å². The van der Waals surface area contributed by atoms with E-state index in [1.165, 1.54) is 12.3 Å². The third-order valence-electron chi connectivity index (χ3n) is 3.85. The van der Waals surface area contributed by atoms with Gasteiger partial charge in [-0.05, 0) is 51.7 Å². The molecule has 6 heteroatoms. The Bertz CT molecular complexity index is 585. The predicted molar refractivity (Wildman–Crippen MR) is 89.7 cm³/mol. The minimum atomic E-state index is -0.493. The van der Waals surface area contributed by atoms with Crippen molar-refractivity contribution in [2.75, 3.05) is 20.2 Å². The Morgan fingerprint density at radius 3 is 2.50 bits per heavy atom. The fourth-order valence-corrected chi connectivity index (χ4v) is 2.74. The van der Waals surface area contributed by atoms with Gasteiger partial charge in [0, 0.05) is 18.7 Å². The van der Waals surface area contributed by atoms with Gasteiger partial charge >= 0.3 is 6.09 Å². The quantitative estimate of drug-likeness (QED) is 0.787. The standard InChI is InChI=1S/C18H25FN2O3/c1-18(2,3)24-17(22)21-9-7-13(8-10-21)15(12-23-4)16-6-5-14(19)11-20-16/h5-6,11-13H,7-10H2,1-4H3. The summed E-state index contributed by atoms with van der Waals surface area (Å²) >= 11 is 0. The van der Waals surface area contributed by atoms with E-state index in [0.29, 0.717) is 18.8 Å². The second kappa shape index (κ2) is 7.64. The summed E-state index contributed by atoms with van der Waals surface area (Å²) in [6, 6.07) is 3.04. The van der Waals surface area contributed by atoms with Crippen LogP contribution in [0.2, 0.25) is 0 Å². The van der Waals surface area contributed by atoms with Crippen molar-refractivity contribution in [2.45, 2.75) is 39.2 Å². The molecule has 1 fully saturated rings. The second-order valence-electron chi connectivity index (χ2n) is 6.91. The van der Waals surface area contributed by atoms with Crippen LogP contribution in [0.4, 0.5) is 9.18 Å². The Morgan fingerprint density at radius 1 is 1.33 bits per heavy atom. The minimum Gasteiger partial charge on any atom is -0.504 e. The number of halogens is 1. The average molecular weight is 336 g/mol. The van der Waals surface area contributed by atoms with E-state index in [0.717, 1.165) is 18.4 Å². The largest absolute Gasteiger partial charge is 0.504 e. The van der Waals surface area contributed by atoms with Gasteiger partial charge in [0.2, 0.25) is 0 Å². The fourth-order valence-electron chi connectivity index (χ4n) is 2.74. The summed E-state index contributed by atoms with van der Waals surface area (Å²) in [4.78, 5) is 18.0. The van der Waals surface area contributed by atoms with Gasteiger partial charge in [0.15, 0.2) is 0 Å². The van der Waals surface area contributed by atoms with Gasteiger partial charge in [0.1, 0.15) is 11.4 Å². The van der Waals surface area contributed by atoms with Crippen LogP contribution in [0.1, 0.15) is 39.3 Å². The zero-order chi connectivity index (χ0) is 17.7. The van der Waals surface area contributed by atoms with Crippen molar-refractivity contribution in [2.24, 2.45) is 5.92 Å². The summed E-state index contributed by atoms with van der Waals surface area (Å²) in [5.41, 5.74) is 1.14. The monoisotopic (exact) mass is 336 g/mol. The molecule has 1 aromatic heterocycles. The topological polar surface area (TPSA) is 51.7 Å². The Hall–Kier alpha value is -2.11. The first kappa shape index (κ1) is 18.2. The molecule has 0 unspecified atom stereocenters. The number of nitrogens with zero attached hydrogens (tertiary/aromatic N) is 2. The third kappa shape index (κ3) is 4.94. The van der Waals surface area contributed by atoms with Crippen molar-refractivity contribution in [1.82, 2.24) is 9.88 Å². The number of aromatic nitrogens is 1. The van der Waals surface area contributed by atoms with Gasteiger partial charge in [-0.15, -0.1) is 0 Å². The summed E-state index contributed by atoms with van der Waals surface area (Å²) < 4.78 is 23.7. The van der Waals surface area contributed by atoms with E-state index in [2.05, 4.69) is 4.98 Å². The van der Waals surface area contributed by atoms with Crippen LogP contribution in [0.3, 0.4) is 0 Å². The Morgan fingerprint density at radius 2 is 2.00 bits per heavy atom. The van der Waals surface area contributed by atoms with Crippen LogP contribution >= 0.6 is 0 Å². The molecule has 0 radical (unpaired) electrons. The molecule has 1 amide bonds. The lowest BCUT2D eigenvalue weighted by molar-refractivity contribution is 0.0199. The van der Waals surface area contributed by atoms with Gasteiger partial charge in [-0.3, -0.25) is 4.98 Å². The normalized spacial score (nSPS) is 16.9. The highest BCUT2D eigenvalue weighted by Crippen LogP contribution is 2.31. The number of pyridine rings is 1. The number of methoxy groups -OCH3 is 1. The summed E-state index contributed by atoms with van der Waals surface area (Å²) in [5.74, 6) is -0.156. The Kier molecular flexibility index (Phi) is 5.80. The van der Waals surface area contributed by atoms with Gasteiger partial charge in [0.05, 0.1) is 25.3 Å². The minimum absolute atomic E-state index is 0.210. The lowest BCUT2D eigenvalue weighted by Gasteiger charge is -2.34. The van der Waals surface area contributed by atoms with Crippen LogP contribution in [0, 0.1) is 11.7 Å². The first-order valence-electron chi connectivity index (χ1n) is 8.13. The molecule has 0 aromatic carbocycles. The summed E-state index contributed by atoms with van der Waals surface area (Å²) in [7, 11) is 1.58. The first-order chi connectivity index (χ1) is 11.3. The number of carbonyl (C=O) groups is 1. The van der Waals surface area contributed by atoms with Gasteiger partial charge < -0.3 is 14.4 Å². The van der Waals surface area contributed by atoms with Gasteiger partial charge in [-0.1, -0.05) is 0 Å². The molecule has 132 valence electrons. The molecule has 0 bridgehead atoms. The number of rotatable bonds is 3. The molecule has 24 heavy (non-hydrogen) atoms. The highest BCUT2D eigenvalue weighted by molar-refractivity contribution is 5.69. The van der Waals surface area contributed by atoms with Crippen LogP contribution in [0.25, 0.3) is 5.57 Å². The van der Waals surface area contributed by atoms with E-state index in [1.54, 1.807) is 24.3 Å². The van der Waals surface area contributed by atoms with E-state index in [1.807, 2.05) is 20.8 Å². The molecule has 0 spiro atoms. The lowest BCUT2D eigenvalue weighted by atomic mass is 9.88. The highest BCUT2D eigenvalue weighted by Gasteiger charge is 2.29. The molecular formula is C18H25FN2O3. The van der Waals surface area contributed by atoms with Crippen LogP contribution in [-0.4, -0.2) is 41.8 Å². The summed E-state index contributed by atoms with van der Waals surface area (Å²) in [5, 5.41) is 0. The van der Waals surface area contributed by atoms with Crippen molar-refractivity contribution in [3.05, 3.63) is 36.1 Å². The number of hydrogen-bond acceptors (Lipinski definition) is 4. The van der Waals surface area contributed by atoms with E-state index >= 15 is 0 Å². The van der Waals surface area contributed by atoms with Crippen molar-refractivity contribution >= 4 is 11.7 Å². The molecule has 2 heterocycles. The van der Waals surface area contributed by atoms with Gasteiger partial charge in [-0.2, -0.15) is 0 Å². The van der Waals surface area contributed by atoms with Crippen LogP contribution < -0.4 is 0 Å². The molecule has 0 N–H and O–H groups in total. The van der Waals surface area contributed by atoms with Crippen molar-refractivity contribution in [3.63, 3.8) is 0 Å². The van der Waals surface area contributed by atoms with Crippen molar-refractivity contribution < 1.29 is 18.7 Å². The van der Waals surface area contributed by atoms with Crippen molar-refractivity contribution in [1.29, 1.82) is 0 Å². The van der Waals surface area contributed by atoms with E-state index < -0.39 is 5.60 Å². The maximum atomic E-state index is 13.1. The molecule has 0 aliphatic carbocycles. The fraction of sp³-hybridized carbons (Fsp3) is 0.556. The first-order valence-corrected chi connectivity index (χ1v) is 8.13. The van der Waals surface area contributed by atoms with Crippen LogP contribution in [-0.2, 0) is 9.47 Å². The third-order valence-corrected chi connectivity index (χ3v) is 3.85. The second-order valence-corrected chi connectivity index (χ2v) is 6.91. The van der Waals surface area contributed by atoms with Crippen LogP contribution in [0.15, 0.2) is 24.6 Å². The number of allylic oxidation sites excluding steroid dienone is 1.